The number of fused-ring (bicyclic) bond motifs is 1. The Labute approximate surface area is 118 Å². The number of nitrogens with one attached hydrogen (secondary N) is 1. The number of nitrogens with two attached hydrogens (primary N) is 1. The van der Waals surface area contributed by atoms with E-state index in [4.69, 9.17) is 22.7 Å². The van der Waals surface area contributed by atoms with Gasteiger partial charge in [-0.3, -0.25) is 10.3 Å². The maximum atomic E-state index is 7.72. The maximum absolute atomic E-state index is 7.72. The van der Waals surface area contributed by atoms with Crippen molar-refractivity contribution in [2.75, 3.05) is 31.1 Å². The molecular formula is C14H19ClN4. The third-order valence-corrected chi connectivity index (χ3v) is 4.41. The Balaban J connectivity index is 1.87. The van der Waals surface area contributed by atoms with Crippen molar-refractivity contribution in [1.82, 2.24) is 4.90 Å². The average molecular weight is 279 g/mol. The summed E-state index contributed by atoms with van der Waals surface area (Å²) in [6, 6.07) is 6.32. The molecule has 3 N–H and O–H groups in total. The van der Waals surface area contributed by atoms with E-state index in [1.807, 2.05) is 12.1 Å². The molecule has 102 valence electrons. The van der Waals surface area contributed by atoms with Gasteiger partial charge in [-0.05, 0) is 37.6 Å². The predicted octanol–water partition coefficient (Wildman–Crippen LogP) is 1.91. The highest BCUT2D eigenvalue weighted by molar-refractivity contribution is 6.31. The minimum atomic E-state index is 0.0892. The van der Waals surface area contributed by atoms with Gasteiger partial charge >= 0.3 is 0 Å². The van der Waals surface area contributed by atoms with Gasteiger partial charge in [-0.2, -0.15) is 0 Å². The second-order valence-electron chi connectivity index (χ2n) is 5.35. The lowest BCUT2D eigenvalue weighted by Crippen LogP contribution is -2.50. The normalized spacial score (nSPS) is 23.4. The standard InChI is InChI=1S/C14H19ClN4/c15-10-3-4-13(12(8-10)14(16)17)19-7-6-18-5-1-2-11(18)9-19/h3-4,8,11H,1-2,5-7,9H2,(H3,16,17). The molecule has 0 aromatic heterocycles. The van der Waals surface area contributed by atoms with Crippen molar-refractivity contribution in [1.29, 1.82) is 5.41 Å². The molecule has 0 amide bonds. The fourth-order valence-corrected chi connectivity index (χ4v) is 3.38. The number of piperazine rings is 1. The third-order valence-electron chi connectivity index (χ3n) is 4.18. The first-order valence-corrected chi connectivity index (χ1v) is 7.16. The van der Waals surface area contributed by atoms with Crippen LogP contribution in [0.25, 0.3) is 0 Å². The van der Waals surface area contributed by atoms with Gasteiger partial charge in [0.2, 0.25) is 0 Å². The molecule has 0 radical (unpaired) electrons. The molecule has 2 aliphatic heterocycles. The molecule has 2 fully saturated rings. The van der Waals surface area contributed by atoms with Gasteiger partial charge in [0.05, 0.1) is 0 Å². The quantitative estimate of drug-likeness (QED) is 0.642. The number of rotatable bonds is 2. The zero-order chi connectivity index (χ0) is 13.4. The van der Waals surface area contributed by atoms with E-state index >= 15 is 0 Å². The highest BCUT2D eigenvalue weighted by atomic mass is 35.5. The third kappa shape index (κ3) is 2.42. The first-order chi connectivity index (χ1) is 9.15. The molecule has 1 aromatic carbocycles. The molecule has 3 rings (SSSR count). The van der Waals surface area contributed by atoms with E-state index < -0.39 is 0 Å². The molecule has 0 aliphatic carbocycles. The van der Waals surface area contributed by atoms with Gasteiger partial charge in [-0.25, -0.2) is 0 Å². The molecule has 2 aliphatic rings. The van der Waals surface area contributed by atoms with E-state index in [9.17, 15) is 0 Å². The number of benzene rings is 1. The second-order valence-corrected chi connectivity index (χ2v) is 5.79. The van der Waals surface area contributed by atoms with Crippen molar-refractivity contribution < 1.29 is 0 Å². The van der Waals surface area contributed by atoms with Crippen LogP contribution in [-0.2, 0) is 0 Å². The smallest absolute Gasteiger partial charge is 0.124 e. The minimum absolute atomic E-state index is 0.0892. The summed E-state index contributed by atoms with van der Waals surface area (Å²) in [5, 5.41) is 8.35. The van der Waals surface area contributed by atoms with Crippen LogP contribution < -0.4 is 10.6 Å². The second kappa shape index (κ2) is 5.02. The van der Waals surface area contributed by atoms with E-state index in [0.717, 1.165) is 30.9 Å². The highest BCUT2D eigenvalue weighted by Crippen LogP contribution is 2.29. The van der Waals surface area contributed by atoms with Crippen LogP contribution in [0.2, 0.25) is 5.02 Å². The Morgan fingerprint density at radius 3 is 2.95 bits per heavy atom. The summed E-state index contributed by atoms with van der Waals surface area (Å²) < 4.78 is 0. The molecule has 0 bridgehead atoms. The molecule has 2 saturated heterocycles. The first-order valence-electron chi connectivity index (χ1n) is 6.78. The number of hydrogen-bond donors (Lipinski definition) is 2. The monoisotopic (exact) mass is 278 g/mol. The predicted molar refractivity (Wildman–Crippen MR) is 79.3 cm³/mol. The van der Waals surface area contributed by atoms with Crippen LogP contribution in [0, 0.1) is 5.41 Å². The Morgan fingerprint density at radius 2 is 2.16 bits per heavy atom. The summed E-state index contributed by atoms with van der Waals surface area (Å²) in [6.45, 7) is 4.36. The molecule has 4 nitrogen and oxygen atoms in total. The van der Waals surface area contributed by atoms with Gasteiger partial charge in [0, 0.05) is 41.9 Å². The number of amidine groups is 1. The fraction of sp³-hybridized carbons (Fsp3) is 0.500. The Kier molecular flexibility index (Phi) is 3.37. The lowest BCUT2D eigenvalue weighted by atomic mass is 10.1. The van der Waals surface area contributed by atoms with Crippen LogP contribution in [0.3, 0.4) is 0 Å². The number of anilines is 1. The molecule has 19 heavy (non-hydrogen) atoms. The highest BCUT2D eigenvalue weighted by Gasteiger charge is 2.31. The van der Waals surface area contributed by atoms with Crippen LogP contribution in [0.5, 0.6) is 0 Å². The molecule has 5 heteroatoms. The van der Waals surface area contributed by atoms with Crippen molar-refractivity contribution in [2.24, 2.45) is 5.73 Å². The Bertz CT molecular complexity index is 502. The Hall–Kier alpha value is -1.26. The fourth-order valence-electron chi connectivity index (χ4n) is 3.21. The van der Waals surface area contributed by atoms with Gasteiger partial charge in [0.1, 0.15) is 5.84 Å². The molecule has 1 unspecified atom stereocenters. The molecular weight excluding hydrogens is 260 g/mol. The van der Waals surface area contributed by atoms with Gasteiger partial charge < -0.3 is 10.6 Å². The zero-order valence-electron chi connectivity index (χ0n) is 10.9. The van der Waals surface area contributed by atoms with Gasteiger partial charge in [-0.1, -0.05) is 11.6 Å². The SMILES string of the molecule is N=C(N)c1cc(Cl)ccc1N1CCN2CCCC2C1. The molecule has 0 spiro atoms. The van der Waals surface area contributed by atoms with Crippen molar-refractivity contribution in [3.63, 3.8) is 0 Å². The Morgan fingerprint density at radius 1 is 1.32 bits per heavy atom. The summed E-state index contributed by atoms with van der Waals surface area (Å²) in [6.07, 6.45) is 2.58. The first kappa shape index (κ1) is 12.8. The maximum Gasteiger partial charge on any atom is 0.124 e. The summed E-state index contributed by atoms with van der Waals surface area (Å²) in [4.78, 5) is 4.92. The van der Waals surface area contributed by atoms with Gasteiger partial charge in [-0.15, -0.1) is 0 Å². The van der Waals surface area contributed by atoms with Crippen LogP contribution in [0.1, 0.15) is 18.4 Å². The van der Waals surface area contributed by atoms with E-state index in [1.54, 1.807) is 6.07 Å². The van der Waals surface area contributed by atoms with Crippen LogP contribution in [-0.4, -0.2) is 43.0 Å². The van der Waals surface area contributed by atoms with Crippen LogP contribution >= 0.6 is 11.6 Å². The summed E-state index contributed by atoms with van der Waals surface area (Å²) in [5.74, 6) is 0.0892. The summed E-state index contributed by atoms with van der Waals surface area (Å²) in [5.41, 5.74) is 7.48. The van der Waals surface area contributed by atoms with E-state index in [1.165, 1.54) is 19.4 Å². The van der Waals surface area contributed by atoms with E-state index in [-0.39, 0.29) is 5.84 Å². The number of hydrogen-bond acceptors (Lipinski definition) is 3. The molecule has 1 aromatic rings. The molecule has 0 saturated carbocycles. The lowest BCUT2D eigenvalue weighted by Gasteiger charge is -2.39. The van der Waals surface area contributed by atoms with E-state index in [0.29, 0.717) is 11.1 Å². The molecule has 1 atom stereocenters. The van der Waals surface area contributed by atoms with Crippen molar-refractivity contribution in [2.45, 2.75) is 18.9 Å². The minimum Gasteiger partial charge on any atom is -0.384 e. The topological polar surface area (TPSA) is 56.4 Å². The van der Waals surface area contributed by atoms with Gasteiger partial charge in [0.15, 0.2) is 0 Å². The lowest BCUT2D eigenvalue weighted by molar-refractivity contribution is 0.231. The van der Waals surface area contributed by atoms with E-state index in [2.05, 4.69) is 9.80 Å². The largest absolute Gasteiger partial charge is 0.384 e. The number of nitrogen functional groups attached to an aromatic ring is 1. The summed E-state index contributed by atoms with van der Waals surface area (Å²) >= 11 is 6.01. The zero-order valence-corrected chi connectivity index (χ0v) is 11.7. The average Bonchev–Trinajstić information content (AvgIpc) is 2.85. The van der Waals surface area contributed by atoms with Gasteiger partial charge in [0.25, 0.3) is 0 Å². The van der Waals surface area contributed by atoms with Crippen LogP contribution in [0.15, 0.2) is 18.2 Å². The number of nitrogens with zero attached hydrogens (tertiary/aromatic N) is 2. The van der Waals surface area contributed by atoms with Crippen molar-refractivity contribution in [3.8, 4) is 0 Å². The number of halogens is 1. The van der Waals surface area contributed by atoms with Crippen molar-refractivity contribution >= 4 is 23.1 Å². The van der Waals surface area contributed by atoms with Crippen LogP contribution in [0.4, 0.5) is 5.69 Å². The summed E-state index contributed by atoms with van der Waals surface area (Å²) in [7, 11) is 0. The molecule has 2 heterocycles. The van der Waals surface area contributed by atoms with Crippen molar-refractivity contribution in [3.05, 3.63) is 28.8 Å².